The van der Waals surface area contributed by atoms with Crippen molar-refractivity contribution < 1.29 is 4.74 Å². The van der Waals surface area contributed by atoms with Crippen molar-refractivity contribution in [2.45, 2.75) is 32.2 Å². The van der Waals surface area contributed by atoms with Crippen molar-refractivity contribution in [3.05, 3.63) is 100 Å². The van der Waals surface area contributed by atoms with E-state index in [1.165, 1.54) is 22.4 Å². The summed E-state index contributed by atoms with van der Waals surface area (Å²) in [6, 6.07) is 21.2. The van der Waals surface area contributed by atoms with Crippen LogP contribution in [-0.2, 0) is 0 Å². The highest BCUT2D eigenvalue weighted by atomic mass is 35.5. The van der Waals surface area contributed by atoms with Crippen LogP contribution in [0.1, 0.15) is 47.6 Å². The molecule has 0 radical (unpaired) electrons. The fraction of sp³-hybridized carbons (Fsp3) is 0.250. The minimum Gasteiger partial charge on any atom is -0.493 e. The third-order valence-electron chi connectivity index (χ3n) is 6.39. The fourth-order valence-electron chi connectivity index (χ4n) is 4.86. The Balaban J connectivity index is 1.38. The van der Waals surface area contributed by atoms with Crippen molar-refractivity contribution in [3.63, 3.8) is 0 Å². The number of ether oxygens (including phenoxy) is 1. The molecular weight excluding hydrogens is 416 g/mol. The quantitative estimate of drug-likeness (QED) is 0.325. The van der Waals surface area contributed by atoms with E-state index in [0.717, 1.165) is 23.4 Å². The lowest BCUT2D eigenvalue weighted by atomic mass is 9.76. The van der Waals surface area contributed by atoms with Crippen LogP contribution in [0.15, 0.2) is 77.8 Å². The molecule has 0 spiro atoms. The monoisotopic (exact) mass is 442 g/mol. The lowest BCUT2D eigenvalue weighted by Gasteiger charge is -2.37. The summed E-state index contributed by atoms with van der Waals surface area (Å²) in [4.78, 5) is 4.66. The molecule has 0 bridgehead atoms. The number of hydrogen-bond acceptors (Lipinski definition) is 3. The molecule has 0 saturated heterocycles. The molecule has 2 aliphatic rings. The zero-order chi connectivity index (χ0) is 22.1. The molecule has 162 valence electrons. The SMILES string of the molecule is CCOc1ccc(Cl)cc1C=Nc1ccc([C@@H]2Nc3ccc(C)cc3[C@H]3C=CC[C@@H]32)cc1. The van der Waals surface area contributed by atoms with Gasteiger partial charge in [0.05, 0.1) is 18.3 Å². The number of aliphatic imine (C=N–C) groups is 1. The second-order valence-corrected chi connectivity index (χ2v) is 8.97. The Kier molecular flexibility index (Phi) is 5.75. The molecule has 0 fully saturated rings. The number of hydrogen-bond donors (Lipinski definition) is 1. The zero-order valence-corrected chi connectivity index (χ0v) is 19.1. The smallest absolute Gasteiger partial charge is 0.128 e. The molecule has 0 saturated carbocycles. The van der Waals surface area contributed by atoms with Crippen molar-refractivity contribution in [2.24, 2.45) is 10.9 Å². The van der Waals surface area contributed by atoms with Crippen molar-refractivity contribution in [2.75, 3.05) is 11.9 Å². The van der Waals surface area contributed by atoms with Gasteiger partial charge in [-0.2, -0.15) is 0 Å². The molecule has 3 atom stereocenters. The summed E-state index contributed by atoms with van der Waals surface area (Å²) >= 11 is 6.17. The van der Waals surface area contributed by atoms with Crippen molar-refractivity contribution >= 4 is 29.2 Å². The molecule has 0 aromatic heterocycles. The topological polar surface area (TPSA) is 33.6 Å². The Morgan fingerprint density at radius 3 is 2.75 bits per heavy atom. The van der Waals surface area contributed by atoms with Gasteiger partial charge in [-0.15, -0.1) is 0 Å². The Morgan fingerprint density at radius 1 is 1.09 bits per heavy atom. The van der Waals surface area contributed by atoms with Crippen LogP contribution in [0, 0.1) is 12.8 Å². The number of halogens is 1. The molecule has 0 unspecified atom stereocenters. The minimum atomic E-state index is 0.292. The average Bonchev–Trinajstić information content (AvgIpc) is 3.30. The van der Waals surface area contributed by atoms with E-state index in [1.54, 1.807) is 0 Å². The number of nitrogens with one attached hydrogen (secondary N) is 1. The normalized spacial score (nSPS) is 21.3. The van der Waals surface area contributed by atoms with Gasteiger partial charge < -0.3 is 10.1 Å². The van der Waals surface area contributed by atoms with Crippen LogP contribution in [0.25, 0.3) is 0 Å². The van der Waals surface area contributed by atoms with Crippen molar-refractivity contribution in [1.29, 1.82) is 0 Å². The van der Waals surface area contributed by atoms with Gasteiger partial charge in [-0.1, -0.05) is 53.6 Å². The molecule has 4 heteroatoms. The van der Waals surface area contributed by atoms with Gasteiger partial charge in [0.1, 0.15) is 5.75 Å². The van der Waals surface area contributed by atoms with Gasteiger partial charge in [-0.25, -0.2) is 0 Å². The zero-order valence-electron chi connectivity index (χ0n) is 18.4. The number of benzene rings is 3. The Bertz CT molecular complexity index is 1180. The Morgan fingerprint density at radius 2 is 1.94 bits per heavy atom. The van der Waals surface area contributed by atoms with Gasteiger partial charge in [-0.3, -0.25) is 4.99 Å². The summed E-state index contributed by atoms with van der Waals surface area (Å²) in [5.41, 5.74) is 7.07. The van der Waals surface area contributed by atoms with E-state index in [9.17, 15) is 0 Å². The predicted octanol–water partition coefficient (Wildman–Crippen LogP) is 7.62. The maximum atomic E-state index is 6.17. The van der Waals surface area contributed by atoms with Gasteiger partial charge in [0.2, 0.25) is 0 Å². The molecule has 1 aliphatic carbocycles. The van der Waals surface area contributed by atoms with E-state index in [2.05, 4.69) is 71.8 Å². The number of allylic oxidation sites excluding steroid dienone is 2. The first-order valence-electron chi connectivity index (χ1n) is 11.2. The number of aryl methyl sites for hydroxylation is 1. The highest BCUT2D eigenvalue weighted by Crippen LogP contribution is 2.50. The summed E-state index contributed by atoms with van der Waals surface area (Å²) in [7, 11) is 0. The standard InChI is InChI=1S/C28H27ClN2O/c1-3-32-27-14-10-21(29)16-20(27)17-30-22-11-8-19(9-12-22)28-24-6-4-5-23(24)25-15-18(2)7-13-26(25)31-28/h4-5,7-17,23-24,28,31H,3,6H2,1-2H3/t23-,24-,28-/m0/s1. The van der Waals surface area contributed by atoms with E-state index in [0.29, 0.717) is 29.5 Å². The van der Waals surface area contributed by atoms with E-state index in [4.69, 9.17) is 16.3 Å². The first kappa shape index (κ1) is 20.8. The van der Waals surface area contributed by atoms with E-state index in [-0.39, 0.29) is 0 Å². The third kappa shape index (κ3) is 4.05. The lowest BCUT2D eigenvalue weighted by Crippen LogP contribution is -2.29. The maximum Gasteiger partial charge on any atom is 0.128 e. The van der Waals surface area contributed by atoms with Crippen LogP contribution in [-0.4, -0.2) is 12.8 Å². The molecule has 1 aliphatic heterocycles. The highest BCUT2D eigenvalue weighted by Gasteiger charge is 2.37. The number of nitrogens with zero attached hydrogens (tertiary/aromatic N) is 1. The number of anilines is 1. The van der Waals surface area contributed by atoms with Crippen LogP contribution >= 0.6 is 11.6 Å². The van der Waals surface area contributed by atoms with Crippen LogP contribution in [0.2, 0.25) is 5.02 Å². The van der Waals surface area contributed by atoms with Gasteiger partial charge in [0, 0.05) is 28.4 Å². The summed E-state index contributed by atoms with van der Waals surface area (Å²) in [6.45, 7) is 4.74. The summed E-state index contributed by atoms with van der Waals surface area (Å²) in [6.07, 6.45) is 7.64. The second kappa shape index (κ2) is 8.84. The van der Waals surface area contributed by atoms with Gasteiger partial charge in [0.25, 0.3) is 0 Å². The summed E-state index contributed by atoms with van der Waals surface area (Å²) in [5.74, 6) is 1.81. The van der Waals surface area contributed by atoms with Gasteiger partial charge >= 0.3 is 0 Å². The van der Waals surface area contributed by atoms with E-state index in [1.807, 2.05) is 31.3 Å². The molecule has 0 amide bonds. The summed E-state index contributed by atoms with van der Waals surface area (Å²) in [5, 5.41) is 4.48. The van der Waals surface area contributed by atoms with Crippen molar-refractivity contribution in [3.8, 4) is 5.75 Å². The van der Waals surface area contributed by atoms with Crippen LogP contribution < -0.4 is 10.1 Å². The Labute approximate surface area is 194 Å². The lowest BCUT2D eigenvalue weighted by molar-refractivity contribution is 0.340. The molecule has 3 aromatic carbocycles. The molecule has 5 rings (SSSR count). The van der Waals surface area contributed by atoms with Crippen LogP contribution in [0.3, 0.4) is 0 Å². The predicted molar refractivity (Wildman–Crippen MR) is 134 cm³/mol. The fourth-order valence-corrected chi connectivity index (χ4v) is 5.04. The molecule has 32 heavy (non-hydrogen) atoms. The number of fused-ring (bicyclic) bond motifs is 3. The van der Waals surface area contributed by atoms with Gasteiger partial charge in [-0.05, 0) is 73.7 Å². The largest absolute Gasteiger partial charge is 0.493 e. The van der Waals surface area contributed by atoms with E-state index < -0.39 is 0 Å². The van der Waals surface area contributed by atoms with Crippen LogP contribution in [0.4, 0.5) is 11.4 Å². The molecular formula is C28H27ClN2O. The second-order valence-electron chi connectivity index (χ2n) is 8.53. The molecule has 1 N–H and O–H groups in total. The third-order valence-corrected chi connectivity index (χ3v) is 6.63. The van der Waals surface area contributed by atoms with Gasteiger partial charge in [0.15, 0.2) is 0 Å². The maximum absolute atomic E-state index is 6.17. The highest BCUT2D eigenvalue weighted by molar-refractivity contribution is 6.30. The minimum absolute atomic E-state index is 0.292. The molecule has 1 heterocycles. The first-order valence-corrected chi connectivity index (χ1v) is 11.6. The molecule has 3 nitrogen and oxygen atoms in total. The number of rotatable bonds is 5. The summed E-state index contributed by atoms with van der Waals surface area (Å²) < 4.78 is 5.69. The first-order chi connectivity index (χ1) is 15.6. The Hall–Kier alpha value is -3.04. The van der Waals surface area contributed by atoms with E-state index >= 15 is 0 Å². The van der Waals surface area contributed by atoms with Crippen LogP contribution in [0.5, 0.6) is 5.75 Å². The average molecular weight is 443 g/mol. The molecule has 3 aromatic rings. The van der Waals surface area contributed by atoms with Crippen molar-refractivity contribution in [1.82, 2.24) is 0 Å².